The van der Waals surface area contributed by atoms with Gasteiger partial charge in [0, 0.05) is 10.5 Å². The van der Waals surface area contributed by atoms with E-state index in [9.17, 15) is 14.0 Å². The summed E-state index contributed by atoms with van der Waals surface area (Å²) in [5.41, 5.74) is -0.501. The lowest BCUT2D eigenvalue weighted by Gasteiger charge is -2.05. The number of amides is 1. The van der Waals surface area contributed by atoms with Crippen molar-refractivity contribution >= 4 is 27.7 Å². The van der Waals surface area contributed by atoms with Gasteiger partial charge < -0.3 is 5.32 Å². The van der Waals surface area contributed by atoms with E-state index in [4.69, 9.17) is 0 Å². The Morgan fingerprint density at radius 2 is 2.11 bits per heavy atom. The lowest BCUT2D eigenvalue weighted by Crippen LogP contribution is -2.17. The van der Waals surface area contributed by atoms with Crippen LogP contribution in [-0.2, 0) is 0 Å². The molecule has 18 heavy (non-hydrogen) atoms. The van der Waals surface area contributed by atoms with Gasteiger partial charge in [0.2, 0.25) is 0 Å². The number of aromatic amines is 1. The Morgan fingerprint density at radius 1 is 1.33 bits per heavy atom. The third-order valence-corrected chi connectivity index (χ3v) is 2.59. The van der Waals surface area contributed by atoms with Crippen LogP contribution in [0.25, 0.3) is 0 Å². The molecule has 1 aromatic heterocycles. The van der Waals surface area contributed by atoms with Crippen LogP contribution in [0.15, 0.2) is 39.6 Å². The summed E-state index contributed by atoms with van der Waals surface area (Å²) in [6.45, 7) is 0. The fraction of sp³-hybridized carbons (Fsp3) is 0. The van der Waals surface area contributed by atoms with Crippen molar-refractivity contribution in [1.82, 2.24) is 10.2 Å². The van der Waals surface area contributed by atoms with Gasteiger partial charge in [-0.25, -0.2) is 9.49 Å². The molecule has 0 aliphatic heterocycles. The first-order chi connectivity index (χ1) is 8.56. The maximum atomic E-state index is 13.4. The van der Waals surface area contributed by atoms with E-state index >= 15 is 0 Å². The summed E-state index contributed by atoms with van der Waals surface area (Å²) in [4.78, 5) is 22.5. The highest BCUT2D eigenvalue weighted by atomic mass is 79.9. The third kappa shape index (κ3) is 2.80. The van der Waals surface area contributed by atoms with Crippen molar-refractivity contribution in [1.29, 1.82) is 0 Å². The molecule has 1 aromatic carbocycles. The molecule has 7 heteroatoms. The Balaban J connectivity index is 2.24. The first kappa shape index (κ1) is 12.4. The van der Waals surface area contributed by atoms with Gasteiger partial charge in [-0.05, 0) is 24.3 Å². The Morgan fingerprint density at radius 3 is 2.78 bits per heavy atom. The molecular formula is C11H7BrFN3O2. The number of benzene rings is 1. The maximum Gasteiger partial charge on any atom is 0.264 e. The number of carbonyl (C=O) groups is 1. The summed E-state index contributed by atoms with van der Waals surface area (Å²) in [6, 6.07) is 6.56. The number of hydrogen-bond acceptors (Lipinski definition) is 3. The van der Waals surface area contributed by atoms with Crippen LogP contribution in [-0.4, -0.2) is 16.1 Å². The second-order valence-electron chi connectivity index (χ2n) is 3.38. The summed E-state index contributed by atoms with van der Waals surface area (Å²) in [6.07, 6.45) is 0. The van der Waals surface area contributed by atoms with E-state index in [1.807, 2.05) is 0 Å². The minimum atomic E-state index is -0.645. The van der Waals surface area contributed by atoms with E-state index in [0.717, 1.165) is 0 Å². The largest absolute Gasteiger partial charge is 0.305 e. The van der Waals surface area contributed by atoms with Crippen LogP contribution >= 0.6 is 15.9 Å². The Bertz CT molecular complexity index is 636. The van der Waals surface area contributed by atoms with Crippen LogP contribution < -0.4 is 10.9 Å². The summed E-state index contributed by atoms with van der Waals surface area (Å²) in [5, 5.41) is 8.12. The molecule has 0 aliphatic carbocycles. The molecule has 0 saturated carbocycles. The van der Waals surface area contributed by atoms with Gasteiger partial charge in [-0.3, -0.25) is 9.59 Å². The lowest BCUT2D eigenvalue weighted by atomic mass is 10.2. The van der Waals surface area contributed by atoms with E-state index < -0.39 is 11.7 Å². The highest BCUT2D eigenvalue weighted by Gasteiger charge is 2.12. The standard InChI is InChI=1S/C11H7BrFN3O2/c12-6-1-2-8(13)7(5-6)11(18)14-9-3-4-10(17)16-15-9/h1-5H,(H,16,17)(H,14,15,18). The molecule has 2 N–H and O–H groups in total. The maximum absolute atomic E-state index is 13.4. The molecule has 0 saturated heterocycles. The molecule has 5 nitrogen and oxygen atoms in total. The highest BCUT2D eigenvalue weighted by Crippen LogP contribution is 2.16. The minimum Gasteiger partial charge on any atom is -0.305 e. The first-order valence-electron chi connectivity index (χ1n) is 4.88. The van der Waals surface area contributed by atoms with Crippen molar-refractivity contribution in [2.75, 3.05) is 5.32 Å². The van der Waals surface area contributed by atoms with E-state index in [1.54, 1.807) is 0 Å². The van der Waals surface area contributed by atoms with E-state index in [2.05, 4.69) is 31.4 Å². The van der Waals surface area contributed by atoms with Gasteiger partial charge in [0.15, 0.2) is 5.82 Å². The van der Waals surface area contributed by atoms with Gasteiger partial charge in [0.05, 0.1) is 5.56 Å². The quantitative estimate of drug-likeness (QED) is 0.890. The summed E-state index contributed by atoms with van der Waals surface area (Å²) in [5.74, 6) is -1.15. The molecule has 0 unspecified atom stereocenters. The Labute approximate surface area is 109 Å². The molecule has 1 heterocycles. The average Bonchev–Trinajstić information content (AvgIpc) is 2.35. The van der Waals surface area contributed by atoms with Gasteiger partial charge in [-0.15, -0.1) is 0 Å². The van der Waals surface area contributed by atoms with Crippen molar-refractivity contribution in [2.24, 2.45) is 0 Å². The fourth-order valence-electron chi connectivity index (χ4n) is 1.27. The van der Waals surface area contributed by atoms with E-state index in [-0.39, 0.29) is 16.9 Å². The number of carbonyl (C=O) groups excluding carboxylic acids is 1. The van der Waals surface area contributed by atoms with Crippen molar-refractivity contribution < 1.29 is 9.18 Å². The predicted octanol–water partition coefficient (Wildman–Crippen LogP) is 1.92. The van der Waals surface area contributed by atoms with E-state index in [1.165, 1.54) is 30.3 Å². The summed E-state index contributed by atoms with van der Waals surface area (Å²) >= 11 is 3.15. The number of H-pyrrole nitrogens is 1. The zero-order chi connectivity index (χ0) is 13.1. The molecule has 0 spiro atoms. The number of hydrogen-bond donors (Lipinski definition) is 2. The van der Waals surface area contributed by atoms with Crippen LogP contribution in [0, 0.1) is 5.82 Å². The monoisotopic (exact) mass is 311 g/mol. The normalized spacial score (nSPS) is 10.1. The van der Waals surface area contributed by atoms with Crippen molar-refractivity contribution in [3.05, 3.63) is 56.5 Å². The SMILES string of the molecule is O=C(Nc1ccc(=O)[nH]n1)c1cc(Br)ccc1F. The van der Waals surface area contributed by atoms with Crippen LogP contribution in [0.1, 0.15) is 10.4 Å². The number of halogens is 2. The molecule has 0 aliphatic rings. The third-order valence-electron chi connectivity index (χ3n) is 2.09. The van der Waals surface area contributed by atoms with Gasteiger partial charge in [-0.2, -0.15) is 5.10 Å². The number of nitrogens with one attached hydrogen (secondary N) is 2. The zero-order valence-electron chi connectivity index (χ0n) is 8.91. The van der Waals surface area contributed by atoms with E-state index in [0.29, 0.717) is 4.47 Å². The molecule has 2 aromatic rings. The molecule has 1 amide bonds. The molecule has 92 valence electrons. The minimum absolute atomic E-state index is 0.114. The average molecular weight is 312 g/mol. The lowest BCUT2D eigenvalue weighted by molar-refractivity contribution is 0.102. The second-order valence-corrected chi connectivity index (χ2v) is 4.30. The topological polar surface area (TPSA) is 74.8 Å². The highest BCUT2D eigenvalue weighted by molar-refractivity contribution is 9.10. The Kier molecular flexibility index (Phi) is 3.52. The fourth-order valence-corrected chi connectivity index (χ4v) is 1.63. The summed E-state index contributed by atoms with van der Waals surface area (Å²) in [7, 11) is 0. The number of nitrogens with zero attached hydrogens (tertiary/aromatic N) is 1. The first-order valence-corrected chi connectivity index (χ1v) is 5.68. The van der Waals surface area contributed by atoms with Crippen molar-refractivity contribution in [2.45, 2.75) is 0 Å². The van der Waals surface area contributed by atoms with Gasteiger partial charge in [0.1, 0.15) is 5.82 Å². The van der Waals surface area contributed by atoms with Gasteiger partial charge in [-0.1, -0.05) is 15.9 Å². The molecule has 0 atom stereocenters. The van der Waals surface area contributed by atoms with Crippen molar-refractivity contribution in [3.8, 4) is 0 Å². The molecular weight excluding hydrogens is 305 g/mol. The van der Waals surface area contributed by atoms with Crippen LogP contribution in [0.3, 0.4) is 0 Å². The molecule has 0 fully saturated rings. The smallest absolute Gasteiger partial charge is 0.264 e. The van der Waals surface area contributed by atoms with Crippen molar-refractivity contribution in [3.63, 3.8) is 0 Å². The Hall–Kier alpha value is -2.02. The van der Waals surface area contributed by atoms with Crippen LogP contribution in [0.5, 0.6) is 0 Å². The van der Waals surface area contributed by atoms with Crippen LogP contribution in [0.4, 0.5) is 10.2 Å². The summed E-state index contributed by atoms with van der Waals surface area (Å²) < 4.78 is 14.0. The molecule has 0 bridgehead atoms. The molecule has 0 radical (unpaired) electrons. The predicted molar refractivity (Wildman–Crippen MR) is 66.9 cm³/mol. The number of aromatic nitrogens is 2. The zero-order valence-corrected chi connectivity index (χ0v) is 10.5. The van der Waals surface area contributed by atoms with Crippen LogP contribution in [0.2, 0.25) is 0 Å². The van der Waals surface area contributed by atoms with Gasteiger partial charge >= 0.3 is 0 Å². The number of rotatable bonds is 2. The number of anilines is 1. The van der Waals surface area contributed by atoms with Gasteiger partial charge in [0.25, 0.3) is 11.5 Å². The second kappa shape index (κ2) is 5.09. The molecule has 2 rings (SSSR count).